The van der Waals surface area contributed by atoms with E-state index in [2.05, 4.69) is 10.2 Å². The Hall–Kier alpha value is -1.49. The van der Waals surface area contributed by atoms with E-state index < -0.39 is 11.6 Å². The maximum Gasteiger partial charge on any atom is 0.229 e. The molecule has 0 spiro atoms. The Morgan fingerprint density at radius 1 is 1.28 bits per heavy atom. The van der Waals surface area contributed by atoms with E-state index in [1.165, 1.54) is 16.7 Å². The fourth-order valence-electron chi connectivity index (χ4n) is 1.94. The highest BCUT2D eigenvalue weighted by molar-refractivity contribution is 6.28. The Labute approximate surface area is 107 Å². The summed E-state index contributed by atoms with van der Waals surface area (Å²) in [5.41, 5.74) is 0.171. The van der Waals surface area contributed by atoms with Gasteiger partial charge in [-0.15, -0.1) is 10.2 Å². The summed E-state index contributed by atoms with van der Waals surface area (Å²) >= 11 is 5.90. The van der Waals surface area contributed by atoms with Gasteiger partial charge in [-0.3, -0.25) is 4.57 Å². The van der Waals surface area contributed by atoms with Gasteiger partial charge in [0.2, 0.25) is 5.28 Å². The molecule has 18 heavy (non-hydrogen) atoms. The van der Waals surface area contributed by atoms with Gasteiger partial charge in [0.1, 0.15) is 17.3 Å². The molecule has 0 atom stereocenters. The van der Waals surface area contributed by atoms with E-state index in [0.29, 0.717) is 11.4 Å². The summed E-state index contributed by atoms with van der Waals surface area (Å²) in [6.07, 6.45) is 1.90. The molecule has 1 aromatic carbocycles. The van der Waals surface area contributed by atoms with Gasteiger partial charge in [0.05, 0.1) is 0 Å². The van der Waals surface area contributed by atoms with Crippen LogP contribution in [0.4, 0.5) is 8.78 Å². The lowest BCUT2D eigenvalue weighted by atomic mass is 10.2. The molecule has 1 aliphatic carbocycles. The van der Waals surface area contributed by atoms with Gasteiger partial charge in [-0.1, -0.05) is 6.07 Å². The normalized spacial score (nSPS) is 15.1. The first-order valence-corrected chi connectivity index (χ1v) is 6.03. The molecule has 0 saturated heterocycles. The first-order chi connectivity index (χ1) is 8.59. The summed E-state index contributed by atoms with van der Waals surface area (Å²) in [5.74, 6) is -0.562. The second-order valence-corrected chi connectivity index (χ2v) is 4.80. The number of rotatable bonds is 2. The highest BCUT2D eigenvalue weighted by Gasteiger charge is 2.32. The van der Waals surface area contributed by atoms with Gasteiger partial charge in [-0.05, 0) is 43.0 Å². The van der Waals surface area contributed by atoms with Crippen LogP contribution in [-0.2, 0) is 0 Å². The number of nitrogens with zero attached hydrogens (tertiary/aromatic N) is 3. The van der Waals surface area contributed by atoms with Crippen molar-refractivity contribution >= 4 is 11.6 Å². The summed E-state index contributed by atoms with van der Waals surface area (Å²) in [5, 5.41) is 7.61. The fraction of sp³-hybridized carbons (Fsp3) is 0.333. The predicted molar refractivity (Wildman–Crippen MR) is 63.0 cm³/mol. The number of hydrogen-bond donors (Lipinski definition) is 0. The number of hydrogen-bond acceptors (Lipinski definition) is 2. The number of halogens is 3. The van der Waals surface area contributed by atoms with Crippen LogP contribution in [0.2, 0.25) is 5.28 Å². The lowest BCUT2D eigenvalue weighted by molar-refractivity contribution is 0.560. The van der Waals surface area contributed by atoms with Gasteiger partial charge in [-0.25, -0.2) is 8.78 Å². The summed E-state index contributed by atoms with van der Waals surface area (Å²) in [7, 11) is 0. The van der Waals surface area contributed by atoms with Crippen LogP contribution in [0, 0.1) is 18.6 Å². The molecule has 6 heteroatoms. The van der Waals surface area contributed by atoms with Crippen LogP contribution in [0.3, 0.4) is 0 Å². The van der Waals surface area contributed by atoms with Crippen molar-refractivity contribution in [3.8, 4) is 5.69 Å². The van der Waals surface area contributed by atoms with Crippen molar-refractivity contribution in [1.29, 1.82) is 0 Å². The summed E-state index contributed by atoms with van der Waals surface area (Å²) in [6.45, 7) is 1.58. The molecule has 0 N–H and O–H groups in total. The topological polar surface area (TPSA) is 30.7 Å². The Morgan fingerprint density at radius 3 is 2.67 bits per heavy atom. The maximum atomic E-state index is 14.1. The van der Waals surface area contributed by atoms with Gasteiger partial charge in [0.25, 0.3) is 0 Å². The van der Waals surface area contributed by atoms with Crippen LogP contribution in [0.1, 0.15) is 30.1 Å². The molecule has 1 heterocycles. The molecule has 1 fully saturated rings. The van der Waals surface area contributed by atoms with Crippen LogP contribution in [0.25, 0.3) is 5.69 Å². The average Bonchev–Trinajstić information content (AvgIpc) is 3.11. The van der Waals surface area contributed by atoms with Crippen molar-refractivity contribution in [2.75, 3.05) is 0 Å². The third-order valence-electron chi connectivity index (χ3n) is 3.07. The molecular weight excluding hydrogens is 260 g/mol. The molecule has 94 valence electrons. The number of benzene rings is 1. The second-order valence-electron chi connectivity index (χ2n) is 4.46. The van der Waals surface area contributed by atoms with E-state index >= 15 is 0 Å². The monoisotopic (exact) mass is 269 g/mol. The molecule has 0 radical (unpaired) electrons. The van der Waals surface area contributed by atoms with Crippen molar-refractivity contribution in [2.24, 2.45) is 0 Å². The summed E-state index contributed by atoms with van der Waals surface area (Å²) in [6, 6.07) is 2.62. The zero-order valence-electron chi connectivity index (χ0n) is 9.62. The Bertz CT molecular complexity index is 620. The van der Waals surface area contributed by atoms with E-state index in [1.54, 1.807) is 6.92 Å². The minimum Gasteiger partial charge on any atom is -0.264 e. The zero-order valence-corrected chi connectivity index (χ0v) is 10.4. The quantitative estimate of drug-likeness (QED) is 0.837. The largest absolute Gasteiger partial charge is 0.264 e. The smallest absolute Gasteiger partial charge is 0.229 e. The predicted octanol–water partition coefficient (Wildman–Crippen LogP) is 3.38. The molecule has 1 saturated carbocycles. The van der Waals surface area contributed by atoms with Crippen LogP contribution < -0.4 is 0 Å². The van der Waals surface area contributed by atoms with Crippen molar-refractivity contribution in [3.63, 3.8) is 0 Å². The molecule has 1 aromatic heterocycles. The average molecular weight is 270 g/mol. The van der Waals surface area contributed by atoms with E-state index in [1.807, 2.05) is 0 Å². The minimum absolute atomic E-state index is 0.0136. The second kappa shape index (κ2) is 4.02. The van der Waals surface area contributed by atoms with Gasteiger partial charge in [0, 0.05) is 5.92 Å². The van der Waals surface area contributed by atoms with Gasteiger partial charge in [0.15, 0.2) is 5.82 Å². The molecule has 0 amide bonds. The molecule has 0 unspecified atom stereocenters. The molecule has 2 aromatic rings. The molecule has 3 rings (SSSR count). The highest BCUT2D eigenvalue weighted by atomic mass is 35.5. The van der Waals surface area contributed by atoms with Crippen molar-refractivity contribution in [1.82, 2.24) is 14.8 Å². The zero-order chi connectivity index (χ0) is 12.9. The maximum absolute atomic E-state index is 14.1. The molecule has 3 nitrogen and oxygen atoms in total. The van der Waals surface area contributed by atoms with Gasteiger partial charge < -0.3 is 0 Å². The first-order valence-electron chi connectivity index (χ1n) is 5.65. The summed E-state index contributed by atoms with van der Waals surface area (Å²) in [4.78, 5) is 0. The van der Waals surface area contributed by atoms with Crippen molar-refractivity contribution in [3.05, 3.63) is 40.4 Å². The Morgan fingerprint density at radius 2 is 2.00 bits per heavy atom. The molecular formula is C12H10ClF2N3. The molecule has 0 aliphatic heterocycles. The van der Waals surface area contributed by atoms with Crippen LogP contribution in [0.15, 0.2) is 12.1 Å². The first kappa shape index (κ1) is 11.6. The van der Waals surface area contributed by atoms with Gasteiger partial charge >= 0.3 is 0 Å². The van der Waals surface area contributed by atoms with Crippen LogP contribution in [0.5, 0.6) is 0 Å². The molecule has 0 bridgehead atoms. The van der Waals surface area contributed by atoms with E-state index in [4.69, 9.17) is 11.6 Å². The summed E-state index contributed by atoms with van der Waals surface area (Å²) < 4.78 is 29.2. The molecule has 1 aliphatic rings. The van der Waals surface area contributed by atoms with Crippen molar-refractivity contribution < 1.29 is 8.78 Å². The SMILES string of the molecule is Cc1ccc(F)c(-n2c(Cl)nnc2C2CC2)c1F. The third kappa shape index (κ3) is 1.70. The van der Waals surface area contributed by atoms with E-state index in [0.717, 1.165) is 12.8 Å². The van der Waals surface area contributed by atoms with Crippen LogP contribution >= 0.6 is 11.6 Å². The number of aromatic nitrogens is 3. The van der Waals surface area contributed by atoms with Crippen molar-refractivity contribution in [2.45, 2.75) is 25.7 Å². The van der Waals surface area contributed by atoms with E-state index in [-0.39, 0.29) is 16.9 Å². The van der Waals surface area contributed by atoms with Crippen LogP contribution in [-0.4, -0.2) is 14.8 Å². The Kier molecular flexibility index (Phi) is 2.59. The lowest BCUT2D eigenvalue weighted by Gasteiger charge is -2.11. The standard InChI is InChI=1S/C12H10ClF2N3/c1-6-2-5-8(14)10(9(6)15)18-11(7-3-4-7)16-17-12(18)13/h2,5,7H,3-4H2,1H3. The Balaban J connectivity index is 2.26. The lowest BCUT2D eigenvalue weighted by Crippen LogP contribution is -2.07. The van der Waals surface area contributed by atoms with E-state index in [9.17, 15) is 8.78 Å². The fourth-order valence-corrected chi connectivity index (χ4v) is 2.14. The number of aryl methyl sites for hydroxylation is 1. The minimum atomic E-state index is -0.665. The highest BCUT2D eigenvalue weighted by Crippen LogP contribution is 2.41. The van der Waals surface area contributed by atoms with Gasteiger partial charge in [-0.2, -0.15) is 0 Å². The third-order valence-corrected chi connectivity index (χ3v) is 3.32.